The van der Waals surface area contributed by atoms with E-state index in [0.717, 1.165) is 12.1 Å². The van der Waals surface area contributed by atoms with E-state index in [0.29, 0.717) is 13.2 Å². The molecule has 0 spiro atoms. The summed E-state index contributed by atoms with van der Waals surface area (Å²) in [5.41, 5.74) is 1.02. The number of rotatable bonds is 7. The molecule has 0 aromatic carbocycles. The van der Waals surface area contributed by atoms with Crippen molar-refractivity contribution in [3.05, 3.63) is 12.2 Å². The molecular weight excluding hydrogens is 166 g/mol. The van der Waals surface area contributed by atoms with Crippen molar-refractivity contribution in [2.75, 3.05) is 33.9 Å². The van der Waals surface area contributed by atoms with E-state index in [1.165, 1.54) is 0 Å². The van der Waals surface area contributed by atoms with Crippen molar-refractivity contribution in [3.63, 3.8) is 0 Å². The molecule has 0 rings (SSSR count). The number of ether oxygens (including phenoxy) is 2. The van der Waals surface area contributed by atoms with Crippen LogP contribution in [-0.2, 0) is 9.47 Å². The Bertz CT molecular complexity index is 146. The fourth-order valence-electron chi connectivity index (χ4n) is 0.709. The second kappa shape index (κ2) is 7.06. The summed E-state index contributed by atoms with van der Waals surface area (Å²) in [5.74, 6) is 0. The van der Waals surface area contributed by atoms with Crippen molar-refractivity contribution in [2.45, 2.75) is 20.1 Å². The van der Waals surface area contributed by atoms with Crippen LogP contribution in [0.3, 0.4) is 0 Å². The molecule has 0 aliphatic rings. The Morgan fingerprint density at radius 2 is 2.00 bits per heavy atom. The Labute approximate surface area is 81.3 Å². The first-order valence-corrected chi connectivity index (χ1v) is 4.54. The summed E-state index contributed by atoms with van der Waals surface area (Å²) < 4.78 is 10.7. The molecule has 78 valence electrons. The molecule has 0 aromatic rings. The van der Waals surface area contributed by atoms with Crippen molar-refractivity contribution in [1.29, 1.82) is 0 Å². The van der Waals surface area contributed by atoms with Crippen LogP contribution >= 0.6 is 0 Å². The molecule has 0 amide bonds. The summed E-state index contributed by atoms with van der Waals surface area (Å²) in [6.45, 7) is 9.77. The summed E-state index contributed by atoms with van der Waals surface area (Å²) >= 11 is 0. The molecule has 13 heavy (non-hydrogen) atoms. The van der Waals surface area contributed by atoms with E-state index in [4.69, 9.17) is 9.47 Å². The van der Waals surface area contributed by atoms with Gasteiger partial charge in [0.25, 0.3) is 0 Å². The highest BCUT2D eigenvalue weighted by Crippen LogP contribution is 1.97. The Kier molecular flexibility index (Phi) is 6.86. The zero-order valence-electron chi connectivity index (χ0n) is 9.17. The maximum Gasteiger partial charge on any atom is 0.155 e. The van der Waals surface area contributed by atoms with Crippen molar-refractivity contribution < 1.29 is 9.47 Å². The van der Waals surface area contributed by atoms with Crippen LogP contribution in [0.25, 0.3) is 0 Å². The van der Waals surface area contributed by atoms with Crippen LogP contribution in [-0.4, -0.2) is 45.0 Å². The molecule has 0 radical (unpaired) electrons. The van der Waals surface area contributed by atoms with Crippen molar-refractivity contribution in [2.24, 2.45) is 0 Å². The highest BCUT2D eigenvalue weighted by molar-refractivity contribution is 4.87. The van der Waals surface area contributed by atoms with E-state index >= 15 is 0 Å². The van der Waals surface area contributed by atoms with Gasteiger partial charge in [-0.25, -0.2) is 0 Å². The number of hydrogen-bond acceptors (Lipinski definition) is 3. The average Bonchev–Trinajstić information content (AvgIpc) is 2.00. The highest BCUT2D eigenvalue weighted by Gasteiger charge is 2.01. The van der Waals surface area contributed by atoms with Gasteiger partial charge in [0.2, 0.25) is 0 Å². The lowest BCUT2D eigenvalue weighted by molar-refractivity contribution is -0.125. The molecule has 0 aliphatic carbocycles. The lowest BCUT2D eigenvalue weighted by Gasteiger charge is -2.15. The van der Waals surface area contributed by atoms with Gasteiger partial charge in [0.1, 0.15) is 0 Å². The minimum Gasteiger partial charge on any atom is -0.352 e. The Balaban J connectivity index is 3.30. The number of likely N-dealkylation sites (N-methyl/N-ethyl adjacent to an activating group) is 1. The van der Waals surface area contributed by atoms with E-state index in [2.05, 4.69) is 11.5 Å². The molecule has 0 saturated heterocycles. The van der Waals surface area contributed by atoms with E-state index in [9.17, 15) is 0 Å². The van der Waals surface area contributed by atoms with Gasteiger partial charge in [-0.3, -0.25) is 0 Å². The van der Waals surface area contributed by atoms with Crippen LogP contribution in [0.15, 0.2) is 12.2 Å². The summed E-state index contributed by atoms with van der Waals surface area (Å²) in [6, 6.07) is 0. The quantitative estimate of drug-likeness (QED) is 0.445. The Morgan fingerprint density at radius 3 is 2.46 bits per heavy atom. The van der Waals surface area contributed by atoms with Gasteiger partial charge in [0.15, 0.2) is 6.29 Å². The highest BCUT2D eigenvalue weighted by atomic mass is 16.7. The molecule has 0 N–H and O–H groups in total. The fourth-order valence-corrected chi connectivity index (χ4v) is 0.709. The number of nitrogens with zero attached hydrogens (tertiary/aromatic N) is 1. The number of hydrogen-bond donors (Lipinski definition) is 0. The van der Waals surface area contributed by atoms with Gasteiger partial charge in [-0.2, -0.15) is 0 Å². The van der Waals surface area contributed by atoms with Crippen molar-refractivity contribution in [3.8, 4) is 0 Å². The largest absolute Gasteiger partial charge is 0.352 e. The van der Waals surface area contributed by atoms with Gasteiger partial charge in [-0.1, -0.05) is 12.2 Å². The van der Waals surface area contributed by atoms with Crippen LogP contribution in [0.2, 0.25) is 0 Å². The second-order valence-electron chi connectivity index (χ2n) is 3.51. The van der Waals surface area contributed by atoms with E-state index in [1.807, 2.05) is 27.9 Å². The Morgan fingerprint density at radius 1 is 1.38 bits per heavy atom. The predicted octanol–water partition coefficient (Wildman–Crippen LogP) is 1.50. The standard InChI is InChI=1S/C10H21NO2/c1-9(2)8-13-10(3)12-7-6-11(4)5/h10H,1,6-8H2,2-5H3. The summed E-state index contributed by atoms with van der Waals surface area (Å²) in [6.07, 6.45) is -0.142. The maximum absolute atomic E-state index is 5.40. The third-order valence-electron chi connectivity index (χ3n) is 1.46. The molecule has 3 nitrogen and oxygen atoms in total. The monoisotopic (exact) mass is 187 g/mol. The van der Waals surface area contributed by atoms with E-state index in [1.54, 1.807) is 0 Å². The fraction of sp³-hybridized carbons (Fsp3) is 0.800. The van der Waals surface area contributed by atoms with E-state index < -0.39 is 0 Å². The topological polar surface area (TPSA) is 21.7 Å². The first kappa shape index (κ1) is 12.6. The molecule has 0 heterocycles. The molecular formula is C10H21NO2. The maximum atomic E-state index is 5.40. The molecule has 0 aliphatic heterocycles. The molecule has 3 heteroatoms. The molecule has 0 aromatic heterocycles. The molecule has 0 saturated carbocycles. The smallest absolute Gasteiger partial charge is 0.155 e. The van der Waals surface area contributed by atoms with E-state index in [-0.39, 0.29) is 6.29 Å². The molecule has 0 fully saturated rings. The minimum atomic E-state index is -0.142. The van der Waals surface area contributed by atoms with Crippen LogP contribution in [0, 0.1) is 0 Å². The van der Waals surface area contributed by atoms with Gasteiger partial charge in [0, 0.05) is 6.54 Å². The minimum absolute atomic E-state index is 0.142. The zero-order valence-corrected chi connectivity index (χ0v) is 9.17. The summed E-state index contributed by atoms with van der Waals surface area (Å²) in [4.78, 5) is 2.07. The summed E-state index contributed by atoms with van der Waals surface area (Å²) in [5, 5.41) is 0. The van der Waals surface area contributed by atoms with Gasteiger partial charge in [-0.15, -0.1) is 0 Å². The van der Waals surface area contributed by atoms with Gasteiger partial charge >= 0.3 is 0 Å². The van der Waals surface area contributed by atoms with Gasteiger partial charge in [0.05, 0.1) is 13.2 Å². The Hall–Kier alpha value is -0.380. The van der Waals surface area contributed by atoms with Crippen LogP contribution < -0.4 is 0 Å². The third kappa shape index (κ3) is 9.53. The lowest BCUT2D eigenvalue weighted by atomic mass is 10.4. The molecule has 0 bridgehead atoms. The second-order valence-corrected chi connectivity index (χ2v) is 3.51. The van der Waals surface area contributed by atoms with Gasteiger partial charge < -0.3 is 14.4 Å². The van der Waals surface area contributed by atoms with Crippen molar-refractivity contribution >= 4 is 0 Å². The van der Waals surface area contributed by atoms with Crippen LogP contribution in [0.4, 0.5) is 0 Å². The molecule has 1 atom stereocenters. The summed E-state index contributed by atoms with van der Waals surface area (Å²) in [7, 11) is 4.03. The van der Waals surface area contributed by atoms with Crippen LogP contribution in [0.1, 0.15) is 13.8 Å². The van der Waals surface area contributed by atoms with Crippen LogP contribution in [0.5, 0.6) is 0 Å². The predicted molar refractivity (Wildman–Crippen MR) is 54.7 cm³/mol. The average molecular weight is 187 g/mol. The lowest BCUT2D eigenvalue weighted by Crippen LogP contribution is -2.22. The zero-order chi connectivity index (χ0) is 10.3. The normalized spacial score (nSPS) is 13.3. The third-order valence-corrected chi connectivity index (χ3v) is 1.46. The van der Waals surface area contributed by atoms with Gasteiger partial charge in [-0.05, 0) is 27.9 Å². The molecule has 1 unspecified atom stereocenters. The SMILES string of the molecule is C=C(C)COC(C)OCCN(C)C. The van der Waals surface area contributed by atoms with Crippen molar-refractivity contribution in [1.82, 2.24) is 4.90 Å². The first-order chi connectivity index (χ1) is 6.02. The first-order valence-electron chi connectivity index (χ1n) is 4.54.